The second-order valence-corrected chi connectivity index (χ2v) is 5.57. The maximum atomic E-state index is 12.3. The Morgan fingerprint density at radius 3 is 2.12 bits per heavy atom. The molecular formula is C13H15NO3. The van der Waals surface area contributed by atoms with Gasteiger partial charge in [-0.2, -0.15) is 0 Å². The number of non-ortho nitro benzene ring substituents is 1. The number of nitro benzene ring substituents is 1. The van der Waals surface area contributed by atoms with Crippen LogP contribution in [-0.4, -0.2) is 10.7 Å². The first-order valence-electron chi connectivity index (χ1n) is 5.53. The van der Waals surface area contributed by atoms with Crippen LogP contribution < -0.4 is 0 Å². The molecule has 4 heteroatoms. The van der Waals surface area contributed by atoms with Gasteiger partial charge in [0.1, 0.15) is 0 Å². The number of hydrogen-bond donors (Lipinski definition) is 0. The van der Waals surface area contributed by atoms with Gasteiger partial charge in [-0.25, -0.2) is 0 Å². The Balaban J connectivity index is 2.73. The lowest BCUT2D eigenvalue weighted by Crippen LogP contribution is -2.33. The molecule has 0 saturated carbocycles. The molecule has 1 aromatic rings. The predicted molar refractivity (Wildman–Crippen MR) is 64.2 cm³/mol. The van der Waals surface area contributed by atoms with Crippen molar-refractivity contribution in [3.05, 3.63) is 39.4 Å². The van der Waals surface area contributed by atoms with E-state index in [0.29, 0.717) is 0 Å². The molecule has 0 saturated heterocycles. The van der Waals surface area contributed by atoms with E-state index in [-0.39, 0.29) is 11.5 Å². The van der Waals surface area contributed by atoms with Crippen LogP contribution in [0.5, 0.6) is 0 Å². The highest BCUT2D eigenvalue weighted by molar-refractivity contribution is 6.02. The first-order valence-corrected chi connectivity index (χ1v) is 5.53. The molecule has 4 nitrogen and oxygen atoms in total. The summed E-state index contributed by atoms with van der Waals surface area (Å²) in [6, 6.07) is 4.71. The summed E-state index contributed by atoms with van der Waals surface area (Å²) in [5.41, 5.74) is 0.515. The van der Waals surface area contributed by atoms with Crippen LogP contribution in [0.3, 0.4) is 0 Å². The zero-order valence-corrected chi connectivity index (χ0v) is 10.4. The Morgan fingerprint density at radius 2 is 1.59 bits per heavy atom. The summed E-state index contributed by atoms with van der Waals surface area (Å²) < 4.78 is 0. The summed E-state index contributed by atoms with van der Waals surface area (Å²) in [4.78, 5) is 22.7. The summed E-state index contributed by atoms with van der Waals surface area (Å²) in [6.45, 7) is 7.39. The maximum Gasteiger partial charge on any atom is 0.269 e. The van der Waals surface area contributed by atoms with E-state index < -0.39 is 15.8 Å². The quantitative estimate of drug-likeness (QED) is 0.553. The molecule has 0 spiro atoms. The van der Waals surface area contributed by atoms with E-state index in [1.54, 1.807) is 6.07 Å². The number of ketones is 1. The molecule has 2 rings (SSSR count). The molecular weight excluding hydrogens is 218 g/mol. The number of benzene rings is 1. The van der Waals surface area contributed by atoms with Crippen LogP contribution in [0.4, 0.5) is 5.69 Å². The van der Waals surface area contributed by atoms with Crippen molar-refractivity contribution < 1.29 is 9.72 Å². The average Bonchev–Trinajstić information content (AvgIpc) is 2.38. The molecule has 0 aliphatic heterocycles. The lowest BCUT2D eigenvalue weighted by molar-refractivity contribution is -0.384. The van der Waals surface area contributed by atoms with Crippen molar-refractivity contribution in [2.45, 2.75) is 38.5 Å². The molecule has 0 bridgehead atoms. The lowest BCUT2D eigenvalue weighted by Gasteiger charge is -2.21. The number of fused-ring (bicyclic) bond motifs is 1. The zero-order chi connectivity index (χ0) is 13.0. The standard InChI is InChI=1S/C13H15NO3/c1-12(2)9-6-5-8(14(16)17)7-10(9)13(3,4)11(12)15/h5-7H,1-4H3. The van der Waals surface area contributed by atoms with Crippen LogP contribution in [0.15, 0.2) is 18.2 Å². The predicted octanol–water partition coefficient (Wildman–Crippen LogP) is 2.73. The van der Waals surface area contributed by atoms with Crippen molar-refractivity contribution in [1.29, 1.82) is 0 Å². The third kappa shape index (κ3) is 1.40. The van der Waals surface area contributed by atoms with Gasteiger partial charge >= 0.3 is 0 Å². The molecule has 0 unspecified atom stereocenters. The minimum Gasteiger partial charge on any atom is -0.298 e. The average molecular weight is 233 g/mol. The summed E-state index contributed by atoms with van der Waals surface area (Å²) in [6.07, 6.45) is 0. The van der Waals surface area contributed by atoms with E-state index in [1.807, 2.05) is 27.7 Å². The van der Waals surface area contributed by atoms with E-state index in [4.69, 9.17) is 0 Å². The fourth-order valence-corrected chi connectivity index (χ4v) is 2.73. The summed E-state index contributed by atoms with van der Waals surface area (Å²) in [7, 11) is 0. The number of hydrogen-bond acceptors (Lipinski definition) is 3. The summed E-state index contributed by atoms with van der Waals surface area (Å²) >= 11 is 0. The highest BCUT2D eigenvalue weighted by atomic mass is 16.6. The van der Waals surface area contributed by atoms with E-state index in [0.717, 1.165) is 11.1 Å². The molecule has 90 valence electrons. The second-order valence-electron chi connectivity index (χ2n) is 5.57. The molecule has 0 radical (unpaired) electrons. The van der Waals surface area contributed by atoms with Gasteiger partial charge in [-0.1, -0.05) is 6.07 Å². The topological polar surface area (TPSA) is 60.2 Å². The third-order valence-electron chi connectivity index (χ3n) is 3.70. The molecule has 0 N–H and O–H groups in total. The number of Topliss-reactive ketones (excluding diaryl/α,β-unsaturated/α-hetero) is 1. The van der Waals surface area contributed by atoms with Crippen molar-refractivity contribution in [2.24, 2.45) is 0 Å². The van der Waals surface area contributed by atoms with Gasteiger partial charge in [-0.15, -0.1) is 0 Å². The lowest BCUT2D eigenvalue weighted by atomic mass is 9.80. The Labute approximate surface area is 99.8 Å². The SMILES string of the molecule is CC1(C)C(=O)C(C)(C)c2cc([N+](=O)[O-])ccc21. The largest absolute Gasteiger partial charge is 0.298 e. The Bertz CT molecular complexity index is 529. The molecule has 0 amide bonds. The van der Waals surface area contributed by atoms with Crippen molar-refractivity contribution >= 4 is 11.5 Å². The zero-order valence-electron chi connectivity index (χ0n) is 10.4. The van der Waals surface area contributed by atoms with Gasteiger partial charge in [-0.05, 0) is 38.8 Å². The van der Waals surface area contributed by atoms with Crippen LogP contribution in [0.25, 0.3) is 0 Å². The number of carbonyl (C=O) groups is 1. The molecule has 0 fully saturated rings. The first kappa shape index (κ1) is 11.8. The van der Waals surface area contributed by atoms with Gasteiger partial charge in [-0.3, -0.25) is 14.9 Å². The van der Waals surface area contributed by atoms with Crippen LogP contribution in [-0.2, 0) is 15.6 Å². The highest BCUT2D eigenvalue weighted by Crippen LogP contribution is 2.47. The molecule has 0 heterocycles. The fourth-order valence-electron chi connectivity index (χ4n) is 2.73. The molecule has 1 aromatic carbocycles. The maximum absolute atomic E-state index is 12.3. The Kier molecular flexibility index (Phi) is 2.18. The van der Waals surface area contributed by atoms with Gasteiger partial charge in [0.2, 0.25) is 0 Å². The second kappa shape index (κ2) is 3.15. The van der Waals surface area contributed by atoms with Crippen molar-refractivity contribution in [2.75, 3.05) is 0 Å². The monoisotopic (exact) mass is 233 g/mol. The Morgan fingerprint density at radius 1 is 1.06 bits per heavy atom. The molecule has 1 aliphatic carbocycles. The van der Waals surface area contributed by atoms with Gasteiger partial charge in [0.05, 0.1) is 4.92 Å². The van der Waals surface area contributed by atoms with Crippen LogP contribution in [0.2, 0.25) is 0 Å². The van der Waals surface area contributed by atoms with E-state index >= 15 is 0 Å². The first-order chi connectivity index (χ1) is 7.69. The van der Waals surface area contributed by atoms with Crippen LogP contribution in [0.1, 0.15) is 38.8 Å². The summed E-state index contributed by atoms with van der Waals surface area (Å²) in [5.74, 6) is 0.112. The molecule has 0 aromatic heterocycles. The smallest absolute Gasteiger partial charge is 0.269 e. The fraction of sp³-hybridized carbons (Fsp3) is 0.462. The van der Waals surface area contributed by atoms with Crippen LogP contribution >= 0.6 is 0 Å². The van der Waals surface area contributed by atoms with Gasteiger partial charge < -0.3 is 0 Å². The number of nitro groups is 1. The van der Waals surface area contributed by atoms with Crippen molar-refractivity contribution in [3.63, 3.8) is 0 Å². The highest BCUT2D eigenvalue weighted by Gasteiger charge is 2.50. The minimum atomic E-state index is -0.648. The van der Waals surface area contributed by atoms with E-state index in [1.165, 1.54) is 12.1 Å². The van der Waals surface area contributed by atoms with Gasteiger partial charge in [0, 0.05) is 23.0 Å². The Hall–Kier alpha value is -1.71. The van der Waals surface area contributed by atoms with Gasteiger partial charge in [0.15, 0.2) is 5.78 Å². The molecule has 17 heavy (non-hydrogen) atoms. The number of nitrogens with zero attached hydrogens (tertiary/aromatic N) is 1. The third-order valence-corrected chi connectivity index (χ3v) is 3.70. The number of carbonyl (C=O) groups excluding carboxylic acids is 1. The normalized spacial score (nSPS) is 20.1. The summed E-state index contributed by atoms with van der Waals surface area (Å²) in [5, 5.41) is 10.8. The van der Waals surface area contributed by atoms with E-state index in [2.05, 4.69) is 0 Å². The number of rotatable bonds is 1. The molecule has 0 atom stereocenters. The van der Waals surface area contributed by atoms with Crippen molar-refractivity contribution in [1.82, 2.24) is 0 Å². The van der Waals surface area contributed by atoms with Gasteiger partial charge in [0.25, 0.3) is 5.69 Å². The minimum absolute atomic E-state index is 0.0438. The van der Waals surface area contributed by atoms with Crippen molar-refractivity contribution in [3.8, 4) is 0 Å². The van der Waals surface area contributed by atoms with E-state index in [9.17, 15) is 14.9 Å². The molecule has 1 aliphatic rings. The van der Waals surface area contributed by atoms with Crippen LogP contribution in [0, 0.1) is 10.1 Å².